The minimum Gasteiger partial charge on any atom is -0.459 e. The molecule has 2 heterocycles. The maximum atomic E-state index is 12.9. The van der Waals surface area contributed by atoms with Gasteiger partial charge in [0.1, 0.15) is 0 Å². The zero-order valence-electron chi connectivity index (χ0n) is 14.5. The van der Waals surface area contributed by atoms with Crippen LogP contribution in [-0.4, -0.2) is 35.8 Å². The standard InChI is InChI=1S/C20H24N2O3/c1-2-17(15-7-4-3-5-8-15)20(24)22-12-10-16(11-13-22)21-19(23)18-9-6-14-25-18/h3-9,14,16-17H,2,10-13H2,1H3,(H,21,23)/t17-/m1/s1. The summed E-state index contributed by atoms with van der Waals surface area (Å²) in [4.78, 5) is 26.8. The van der Waals surface area contributed by atoms with Gasteiger partial charge >= 0.3 is 0 Å². The van der Waals surface area contributed by atoms with Gasteiger partial charge in [-0.25, -0.2) is 0 Å². The van der Waals surface area contributed by atoms with E-state index in [1.165, 1.54) is 6.26 Å². The summed E-state index contributed by atoms with van der Waals surface area (Å²) in [6.07, 6.45) is 3.81. The second kappa shape index (κ2) is 8.01. The van der Waals surface area contributed by atoms with Crippen LogP contribution in [0.5, 0.6) is 0 Å². The molecule has 1 atom stereocenters. The first-order chi connectivity index (χ1) is 12.2. The summed E-state index contributed by atoms with van der Waals surface area (Å²) in [6.45, 7) is 3.39. The van der Waals surface area contributed by atoms with Gasteiger partial charge in [-0.2, -0.15) is 0 Å². The summed E-state index contributed by atoms with van der Waals surface area (Å²) < 4.78 is 5.11. The summed E-state index contributed by atoms with van der Waals surface area (Å²) in [5.41, 5.74) is 1.07. The van der Waals surface area contributed by atoms with Crippen LogP contribution in [0.15, 0.2) is 53.1 Å². The Bertz CT molecular complexity index is 689. The van der Waals surface area contributed by atoms with Crippen molar-refractivity contribution in [1.29, 1.82) is 0 Å². The van der Waals surface area contributed by atoms with Gasteiger partial charge in [-0.3, -0.25) is 9.59 Å². The van der Waals surface area contributed by atoms with Crippen molar-refractivity contribution in [2.24, 2.45) is 0 Å². The highest BCUT2D eigenvalue weighted by Gasteiger charge is 2.29. The van der Waals surface area contributed by atoms with Crippen LogP contribution >= 0.6 is 0 Å². The highest BCUT2D eigenvalue weighted by molar-refractivity contribution is 5.91. The summed E-state index contributed by atoms with van der Waals surface area (Å²) in [6, 6.07) is 13.4. The van der Waals surface area contributed by atoms with Gasteiger partial charge in [0.05, 0.1) is 12.2 Å². The van der Waals surface area contributed by atoms with E-state index in [0.29, 0.717) is 18.8 Å². The van der Waals surface area contributed by atoms with E-state index in [0.717, 1.165) is 24.8 Å². The van der Waals surface area contributed by atoms with Crippen molar-refractivity contribution >= 4 is 11.8 Å². The molecule has 2 amide bonds. The summed E-state index contributed by atoms with van der Waals surface area (Å²) in [7, 11) is 0. The minimum atomic E-state index is -0.189. The number of hydrogen-bond donors (Lipinski definition) is 1. The monoisotopic (exact) mass is 340 g/mol. The maximum absolute atomic E-state index is 12.9. The molecule has 0 spiro atoms. The number of benzene rings is 1. The molecule has 25 heavy (non-hydrogen) atoms. The van der Waals surface area contributed by atoms with Crippen molar-refractivity contribution in [3.05, 3.63) is 60.1 Å². The number of likely N-dealkylation sites (tertiary alicyclic amines) is 1. The molecule has 1 aromatic heterocycles. The Kier molecular flexibility index (Phi) is 5.53. The largest absolute Gasteiger partial charge is 0.459 e. The molecule has 0 bridgehead atoms. The maximum Gasteiger partial charge on any atom is 0.287 e. The van der Waals surface area contributed by atoms with Crippen molar-refractivity contribution in [1.82, 2.24) is 10.2 Å². The van der Waals surface area contributed by atoms with Crippen molar-refractivity contribution in [3.63, 3.8) is 0 Å². The minimum absolute atomic E-state index is 0.0819. The number of nitrogens with zero attached hydrogens (tertiary/aromatic N) is 1. The number of carbonyl (C=O) groups is 2. The van der Waals surface area contributed by atoms with E-state index >= 15 is 0 Å². The zero-order chi connectivity index (χ0) is 17.6. The Labute approximate surface area is 148 Å². The number of furan rings is 1. The predicted octanol–water partition coefficient (Wildman–Crippen LogP) is 3.19. The molecular formula is C20H24N2O3. The van der Waals surface area contributed by atoms with Crippen LogP contribution in [0.4, 0.5) is 0 Å². The van der Waals surface area contributed by atoms with E-state index in [1.54, 1.807) is 12.1 Å². The molecule has 1 fully saturated rings. The number of amides is 2. The molecule has 5 nitrogen and oxygen atoms in total. The Hall–Kier alpha value is -2.56. The van der Waals surface area contributed by atoms with Crippen LogP contribution in [0, 0.1) is 0 Å². The average Bonchev–Trinajstić information content (AvgIpc) is 3.19. The van der Waals surface area contributed by atoms with Crippen LogP contribution in [0.1, 0.15) is 48.2 Å². The molecule has 0 aliphatic carbocycles. The van der Waals surface area contributed by atoms with Gasteiger partial charge in [0.2, 0.25) is 5.91 Å². The molecule has 0 unspecified atom stereocenters. The number of nitrogens with one attached hydrogen (secondary N) is 1. The third-order valence-corrected chi connectivity index (χ3v) is 4.80. The Morgan fingerprint density at radius 2 is 1.88 bits per heavy atom. The molecule has 1 saturated heterocycles. The van der Waals surface area contributed by atoms with Crippen molar-refractivity contribution in [3.8, 4) is 0 Å². The van der Waals surface area contributed by atoms with E-state index < -0.39 is 0 Å². The molecule has 1 N–H and O–H groups in total. The van der Waals surface area contributed by atoms with E-state index in [1.807, 2.05) is 42.2 Å². The molecular weight excluding hydrogens is 316 g/mol. The molecule has 0 saturated carbocycles. The lowest BCUT2D eigenvalue weighted by Gasteiger charge is -2.34. The molecule has 3 rings (SSSR count). The Morgan fingerprint density at radius 3 is 2.48 bits per heavy atom. The fourth-order valence-electron chi connectivity index (χ4n) is 3.37. The molecule has 132 valence electrons. The lowest BCUT2D eigenvalue weighted by atomic mass is 9.93. The van der Waals surface area contributed by atoms with Gasteiger partial charge in [-0.05, 0) is 37.0 Å². The van der Waals surface area contributed by atoms with E-state index in [-0.39, 0.29) is 23.8 Å². The second-order valence-electron chi connectivity index (χ2n) is 6.42. The van der Waals surface area contributed by atoms with Crippen LogP contribution in [0.25, 0.3) is 0 Å². The van der Waals surface area contributed by atoms with Crippen LogP contribution in [0.3, 0.4) is 0 Å². The van der Waals surface area contributed by atoms with Crippen molar-refractivity contribution in [2.75, 3.05) is 13.1 Å². The van der Waals surface area contributed by atoms with Gasteiger partial charge in [0, 0.05) is 19.1 Å². The highest BCUT2D eigenvalue weighted by Crippen LogP contribution is 2.24. The normalized spacial score (nSPS) is 16.4. The lowest BCUT2D eigenvalue weighted by Crippen LogP contribution is -2.47. The van der Waals surface area contributed by atoms with Gasteiger partial charge in [0.25, 0.3) is 5.91 Å². The quantitative estimate of drug-likeness (QED) is 0.909. The SMILES string of the molecule is CC[C@@H](C(=O)N1CCC(NC(=O)c2ccco2)CC1)c1ccccc1. The second-order valence-corrected chi connectivity index (χ2v) is 6.42. The van der Waals surface area contributed by atoms with Crippen molar-refractivity contribution in [2.45, 2.75) is 38.1 Å². The third kappa shape index (κ3) is 4.10. The van der Waals surface area contributed by atoms with Crippen LogP contribution in [0.2, 0.25) is 0 Å². The highest BCUT2D eigenvalue weighted by atomic mass is 16.3. The number of rotatable bonds is 5. The molecule has 1 aromatic carbocycles. The average molecular weight is 340 g/mol. The molecule has 5 heteroatoms. The number of carbonyl (C=O) groups excluding carboxylic acids is 2. The first-order valence-corrected chi connectivity index (χ1v) is 8.87. The molecule has 1 aliphatic rings. The van der Waals surface area contributed by atoms with Gasteiger partial charge in [-0.15, -0.1) is 0 Å². The molecule has 1 aliphatic heterocycles. The van der Waals surface area contributed by atoms with Crippen LogP contribution in [-0.2, 0) is 4.79 Å². The Morgan fingerprint density at radius 1 is 1.16 bits per heavy atom. The van der Waals surface area contributed by atoms with E-state index in [2.05, 4.69) is 5.32 Å². The molecule has 2 aromatic rings. The van der Waals surface area contributed by atoms with Gasteiger partial charge in [-0.1, -0.05) is 37.3 Å². The van der Waals surface area contributed by atoms with Crippen LogP contribution < -0.4 is 5.32 Å². The van der Waals surface area contributed by atoms with E-state index in [9.17, 15) is 9.59 Å². The zero-order valence-corrected chi connectivity index (χ0v) is 14.5. The summed E-state index contributed by atoms with van der Waals surface area (Å²) >= 11 is 0. The Balaban J connectivity index is 1.54. The smallest absolute Gasteiger partial charge is 0.287 e. The predicted molar refractivity (Wildman–Crippen MR) is 95.3 cm³/mol. The van der Waals surface area contributed by atoms with E-state index in [4.69, 9.17) is 4.42 Å². The summed E-state index contributed by atoms with van der Waals surface area (Å²) in [5.74, 6) is 0.235. The van der Waals surface area contributed by atoms with Gasteiger partial charge in [0.15, 0.2) is 5.76 Å². The number of piperidine rings is 1. The third-order valence-electron chi connectivity index (χ3n) is 4.80. The molecule has 0 radical (unpaired) electrons. The number of hydrogen-bond acceptors (Lipinski definition) is 3. The van der Waals surface area contributed by atoms with Gasteiger partial charge < -0.3 is 14.6 Å². The fourth-order valence-corrected chi connectivity index (χ4v) is 3.37. The van der Waals surface area contributed by atoms with Crippen molar-refractivity contribution < 1.29 is 14.0 Å². The lowest BCUT2D eigenvalue weighted by molar-refractivity contribution is -0.134. The topological polar surface area (TPSA) is 62.6 Å². The first kappa shape index (κ1) is 17.3. The first-order valence-electron chi connectivity index (χ1n) is 8.87. The fraction of sp³-hybridized carbons (Fsp3) is 0.400. The summed E-state index contributed by atoms with van der Waals surface area (Å²) in [5, 5.41) is 2.98.